The van der Waals surface area contributed by atoms with E-state index in [0.717, 1.165) is 38.9 Å². The number of β-amino-alcohol motifs (C(OH)–C–C–N with tert-alkyl or cyclic N) is 1. The minimum absolute atomic E-state index is 0.141. The Morgan fingerprint density at radius 2 is 1.88 bits per heavy atom. The van der Waals surface area contributed by atoms with Crippen LogP contribution in [0.5, 0.6) is 0 Å². The molecule has 2 atom stereocenters. The van der Waals surface area contributed by atoms with Crippen molar-refractivity contribution in [3.05, 3.63) is 0 Å². The van der Waals surface area contributed by atoms with Gasteiger partial charge in [0.2, 0.25) is 0 Å². The molecule has 4 heteroatoms. The van der Waals surface area contributed by atoms with Crippen LogP contribution in [0.2, 0.25) is 0 Å². The van der Waals surface area contributed by atoms with Crippen molar-refractivity contribution in [3.63, 3.8) is 0 Å². The average molecular weight is 244 g/mol. The molecule has 0 amide bonds. The van der Waals surface area contributed by atoms with Crippen LogP contribution >= 0.6 is 0 Å². The standard InChI is InChI=1S/C13H28N2O2/c1-14(2)10-12-9-13(17)11-15(12)7-5-3-4-6-8-16/h12-13,16-17H,3-11H2,1-2H3. The fraction of sp³-hybridized carbons (Fsp3) is 1.00. The zero-order valence-electron chi connectivity index (χ0n) is 11.3. The highest BCUT2D eigenvalue weighted by molar-refractivity contribution is 4.86. The monoisotopic (exact) mass is 244 g/mol. The molecule has 1 aliphatic rings. The molecule has 17 heavy (non-hydrogen) atoms. The van der Waals surface area contributed by atoms with E-state index in [9.17, 15) is 5.11 Å². The van der Waals surface area contributed by atoms with Crippen LogP contribution in [0, 0.1) is 0 Å². The number of unbranched alkanes of at least 4 members (excludes halogenated alkanes) is 3. The number of aliphatic hydroxyl groups excluding tert-OH is 2. The summed E-state index contributed by atoms with van der Waals surface area (Å²) in [5, 5.41) is 18.4. The number of hydrogen-bond donors (Lipinski definition) is 2. The Bertz CT molecular complexity index is 200. The molecule has 0 aromatic rings. The molecule has 1 fully saturated rings. The van der Waals surface area contributed by atoms with Crippen molar-refractivity contribution in [2.45, 2.75) is 44.2 Å². The van der Waals surface area contributed by atoms with Gasteiger partial charge in [-0.1, -0.05) is 12.8 Å². The summed E-state index contributed by atoms with van der Waals surface area (Å²) < 4.78 is 0. The number of aliphatic hydroxyl groups is 2. The number of likely N-dealkylation sites (N-methyl/N-ethyl adjacent to an activating group) is 1. The molecule has 102 valence electrons. The third-order valence-electron chi connectivity index (χ3n) is 3.44. The lowest BCUT2D eigenvalue weighted by Crippen LogP contribution is -2.38. The van der Waals surface area contributed by atoms with Gasteiger partial charge < -0.3 is 15.1 Å². The fourth-order valence-electron chi connectivity index (χ4n) is 2.62. The Labute approximate surface area is 105 Å². The van der Waals surface area contributed by atoms with Crippen LogP contribution in [0.15, 0.2) is 0 Å². The van der Waals surface area contributed by atoms with Crippen LogP contribution in [0.4, 0.5) is 0 Å². The van der Waals surface area contributed by atoms with Crippen molar-refractivity contribution in [2.75, 3.05) is 40.3 Å². The predicted octanol–water partition coefficient (Wildman–Crippen LogP) is 0.536. The number of nitrogens with zero attached hydrogens (tertiary/aromatic N) is 2. The Balaban J connectivity index is 2.20. The van der Waals surface area contributed by atoms with Crippen molar-refractivity contribution in [1.29, 1.82) is 0 Å². The summed E-state index contributed by atoms with van der Waals surface area (Å²) in [6.07, 6.45) is 5.17. The van der Waals surface area contributed by atoms with Crippen LogP contribution in [0.3, 0.4) is 0 Å². The predicted molar refractivity (Wildman–Crippen MR) is 70.1 cm³/mol. The molecule has 0 saturated carbocycles. The summed E-state index contributed by atoms with van der Waals surface area (Å²) in [4.78, 5) is 4.62. The van der Waals surface area contributed by atoms with Crippen LogP contribution in [-0.4, -0.2) is 72.5 Å². The van der Waals surface area contributed by atoms with Gasteiger partial charge in [-0.25, -0.2) is 0 Å². The first kappa shape index (κ1) is 14.9. The number of rotatable bonds is 8. The Hall–Kier alpha value is -0.160. The summed E-state index contributed by atoms with van der Waals surface area (Å²) in [7, 11) is 4.17. The molecular weight excluding hydrogens is 216 g/mol. The molecule has 0 radical (unpaired) electrons. The van der Waals surface area contributed by atoms with E-state index < -0.39 is 0 Å². The van der Waals surface area contributed by atoms with Gasteiger partial charge in [0, 0.05) is 25.7 Å². The number of likely N-dealkylation sites (tertiary alicyclic amines) is 1. The lowest BCUT2D eigenvalue weighted by Gasteiger charge is -2.26. The third-order valence-corrected chi connectivity index (χ3v) is 3.44. The smallest absolute Gasteiger partial charge is 0.0682 e. The molecule has 0 spiro atoms. The maximum absolute atomic E-state index is 9.73. The Kier molecular flexibility index (Phi) is 7.04. The van der Waals surface area contributed by atoms with E-state index in [4.69, 9.17) is 5.11 Å². The molecule has 1 aliphatic heterocycles. The van der Waals surface area contributed by atoms with E-state index in [1.165, 1.54) is 12.8 Å². The molecule has 1 heterocycles. The van der Waals surface area contributed by atoms with Gasteiger partial charge in [-0.15, -0.1) is 0 Å². The van der Waals surface area contributed by atoms with E-state index in [2.05, 4.69) is 23.9 Å². The van der Waals surface area contributed by atoms with Crippen molar-refractivity contribution in [1.82, 2.24) is 9.80 Å². The average Bonchev–Trinajstić information content (AvgIpc) is 2.58. The summed E-state index contributed by atoms with van der Waals surface area (Å²) >= 11 is 0. The first-order valence-corrected chi connectivity index (χ1v) is 6.81. The quantitative estimate of drug-likeness (QED) is 0.612. The number of hydrogen-bond acceptors (Lipinski definition) is 4. The van der Waals surface area contributed by atoms with Gasteiger partial charge in [-0.3, -0.25) is 4.90 Å². The summed E-state index contributed by atoms with van der Waals surface area (Å²) in [6, 6.07) is 0.512. The van der Waals surface area contributed by atoms with E-state index in [-0.39, 0.29) is 6.10 Å². The maximum Gasteiger partial charge on any atom is 0.0682 e. The van der Waals surface area contributed by atoms with Crippen molar-refractivity contribution in [3.8, 4) is 0 Å². The molecular formula is C13H28N2O2. The molecule has 2 N–H and O–H groups in total. The van der Waals surface area contributed by atoms with E-state index >= 15 is 0 Å². The second kappa shape index (κ2) is 8.03. The van der Waals surface area contributed by atoms with E-state index in [1.54, 1.807) is 0 Å². The molecule has 0 aromatic carbocycles. The van der Waals surface area contributed by atoms with Gasteiger partial charge in [0.15, 0.2) is 0 Å². The zero-order chi connectivity index (χ0) is 12.7. The molecule has 4 nitrogen and oxygen atoms in total. The molecule has 2 unspecified atom stereocenters. The third kappa shape index (κ3) is 5.82. The van der Waals surface area contributed by atoms with E-state index in [0.29, 0.717) is 12.6 Å². The van der Waals surface area contributed by atoms with Crippen molar-refractivity contribution < 1.29 is 10.2 Å². The summed E-state index contributed by atoms with van der Waals surface area (Å²) in [5.74, 6) is 0. The normalized spacial score (nSPS) is 25.9. The zero-order valence-corrected chi connectivity index (χ0v) is 11.3. The van der Waals surface area contributed by atoms with Crippen LogP contribution < -0.4 is 0 Å². The topological polar surface area (TPSA) is 46.9 Å². The largest absolute Gasteiger partial charge is 0.396 e. The molecule has 1 rings (SSSR count). The van der Waals surface area contributed by atoms with Crippen LogP contribution in [0.1, 0.15) is 32.1 Å². The highest BCUT2D eigenvalue weighted by Gasteiger charge is 2.30. The fourth-order valence-corrected chi connectivity index (χ4v) is 2.62. The Morgan fingerprint density at radius 1 is 1.18 bits per heavy atom. The van der Waals surface area contributed by atoms with Crippen LogP contribution in [0.25, 0.3) is 0 Å². The summed E-state index contributed by atoms with van der Waals surface area (Å²) in [5.41, 5.74) is 0. The summed E-state index contributed by atoms with van der Waals surface area (Å²) in [6.45, 7) is 3.26. The molecule has 0 aromatic heterocycles. The first-order chi connectivity index (χ1) is 8.13. The van der Waals surface area contributed by atoms with Gasteiger partial charge in [0.05, 0.1) is 6.10 Å². The van der Waals surface area contributed by atoms with Gasteiger partial charge in [-0.2, -0.15) is 0 Å². The highest BCUT2D eigenvalue weighted by atomic mass is 16.3. The van der Waals surface area contributed by atoms with Gasteiger partial charge >= 0.3 is 0 Å². The molecule has 1 saturated heterocycles. The van der Waals surface area contributed by atoms with Crippen molar-refractivity contribution in [2.24, 2.45) is 0 Å². The minimum Gasteiger partial charge on any atom is -0.396 e. The highest BCUT2D eigenvalue weighted by Crippen LogP contribution is 2.19. The second-order valence-corrected chi connectivity index (χ2v) is 5.44. The lowest BCUT2D eigenvalue weighted by atomic mass is 10.1. The molecule has 0 bridgehead atoms. The van der Waals surface area contributed by atoms with Gasteiger partial charge in [0.1, 0.15) is 0 Å². The second-order valence-electron chi connectivity index (χ2n) is 5.44. The van der Waals surface area contributed by atoms with Crippen LogP contribution in [-0.2, 0) is 0 Å². The minimum atomic E-state index is -0.141. The maximum atomic E-state index is 9.73. The first-order valence-electron chi connectivity index (χ1n) is 6.81. The SMILES string of the molecule is CN(C)CC1CC(O)CN1CCCCCCO. The molecule has 0 aliphatic carbocycles. The van der Waals surface area contributed by atoms with E-state index in [1.807, 2.05) is 0 Å². The van der Waals surface area contributed by atoms with Gasteiger partial charge in [0.25, 0.3) is 0 Å². The lowest BCUT2D eigenvalue weighted by molar-refractivity contribution is 0.171. The van der Waals surface area contributed by atoms with Gasteiger partial charge in [-0.05, 0) is 39.9 Å². The Morgan fingerprint density at radius 3 is 2.53 bits per heavy atom. The van der Waals surface area contributed by atoms with Crippen molar-refractivity contribution >= 4 is 0 Å².